The first-order valence-electron chi connectivity index (χ1n) is 4.72. The molecule has 0 amide bonds. The van der Waals surface area contributed by atoms with E-state index in [-0.39, 0.29) is 5.97 Å². The molecule has 0 saturated carbocycles. The number of esters is 1. The van der Waals surface area contributed by atoms with Gasteiger partial charge in [0, 0.05) is 25.9 Å². The molecule has 0 N–H and O–H groups in total. The number of methoxy groups -OCH3 is 1. The molecule has 0 aliphatic carbocycles. The maximum atomic E-state index is 10.8. The molecule has 0 aliphatic rings. The highest BCUT2D eigenvalue weighted by atomic mass is 16.5. The summed E-state index contributed by atoms with van der Waals surface area (Å²) in [7, 11) is 3.27. The van der Waals surface area contributed by atoms with Crippen molar-refractivity contribution in [1.82, 2.24) is 4.90 Å². The molecule has 0 unspecified atom stereocenters. The number of carbonyl (C=O) groups excluding carboxylic acids is 1. The minimum Gasteiger partial charge on any atom is -0.466 e. The van der Waals surface area contributed by atoms with Gasteiger partial charge in [0.1, 0.15) is 0 Å². The van der Waals surface area contributed by atoms with Gasteiger partial charge < -0.3 is 9.64 Å². The van der Waals surface area contributed by atoms with Crippen molar-refractivity contribution in [3.8, 4) is 0 Å². The van der Waals surface area contributed by atoms with Gasteiger partial charge in [0.05, 0.1) is 7.11 Å². The first-order valence-corrected chi connectivity index (χ1v) is 4.72. The van der Waals surface area contributed by atoms with Crippen LogP contribution >= 0.6 is 0 Å². The molecule has 1 aromatic carbocycles. The lowest BCUT2D eigenvalue weighted by atomic mass is 10.2. The molecule has 0 aliphatic heterocycles. The first-order chi connectivity index (χ1) is 7.22. The second kappa shape index (κ2) is 5.86. The standard InChI is InChI=1S/C12H15NO2/c1-13(9-8-12(14)15-2)10-11-6-4-3-5-7-11/h3-9H,10H2,1-2H3. The quantitative estimate of drug-likeness (QED) is 0.554. The molecule has 0 saturated heterocycles. The summed E-state index contributed by atoms with van der Waals surface area (Å²) in [6.45, 7) is 0.772. The number of nitrogens with zero attached hydrogens (tertiary/aromatic N) is 1. The predicted molar refractivity (Wildman–Crippen MR) is 59.1 cm³/mol. The van der Waals surface area contributed by atoms with E-state index >= 15 is 0 Å². The third kappa shape index (κ3) is 4.31. The normalized spacial score (nSPS) is 10.3. The second-order valence-electron chi connectivity index (χ2n) is 3.24. The summed E-state index contributed by atoms with van der Waals surface area (Å²) < 4.78 is 4.50. The van der Waals surface area contributed by atoms with Crippen molar-refractivity contribution < 1.29 is 9.53 Å². The highest BCUT2D eigenvalue weighted by Gasteiger charge is 1.96. The number of hydrogen-bond acceptors (Lipinski definition) is 3. The van der Waals surface area contributed by atoms with Crippen LogP contribution in [-0.2, 0) is 16.1 Å². The van der Waals surface area contributed by atoms with Crippen LogP contribution in [0.3, 0.4) is 0 Å². The monoisotopic (exact) mass is 205 g/mol. The average Bonchev–Trinajstić information content (AvgIpc) is 2.27. The Labute approximate surface area is 90.0 Å². The Hall–Kier alpha value is -1.77. The van der Waals surface area contributed by atoms with Crippen LogP contribution in [0.5, 0.6) is 0 Å². The summed E-state index contributed by atoms with van der Waals surface area (Å²) in [4.78, 5) is 12.8. The number of ether oxygens (including phenoxy) is 1. The largest absolute Gasteiger partial charge is 0.466 e. The predicted octanol–water partition coefficient (Wildman–Crippen LogP) is 1.81. The molecule has 15 heavy (non-hydrogen) atoms. The van der Waals surface area contributed by atoms with E-state index in [0.717, 1.165) is 6.54 Å². The number of rotatable bonds is 4. The average molecular weight is 205 g/mol. The maximum absolute atomic E-state index is 10.8. The van der Waals surface area contributed by atoms with Crippen LogP contribution < -0.4 is 0 Å². The lowest BCUT2D eigenvalue weighted by molar-refractivity contribution is -0.134. The van der Waals surface area contributed by atoms with E-state index in [0.29, 0.717) is 0 Å². The molecule has 3 heteroatoms. The Morgan fingerprint density at radius 3 is 2.67 bits per heavy atom. The van der Waals surface area contributed by atoms with Gasteiger partial charge in [0.15, 0.2) is 0 Å². The van der Waals surface area contributed by atoms with Crippen molar-refractivity contribution in [3.63, 3.8) is 0 Å². The summed E-state index contributed by atoms with van der Waals surface area (Å²) in [5.41, 5.74) is 1.20. The SMILES string of the molecule is COC(=O)C=CN(C)Cc1ccccc1. The second-order valence-corrected chi connectivity index (χ2v) is 3.24. The smallest absolute Gasteiger partial charge is 0.331 e. The highest BCUT2D eigenvalue weighted by molar-refractivity contribution is 5.81. The third-order valence-electron chi connectivity index (χ3n) is 1.94. The van der Waals surface area contributed by atoms with Gasteiger partial charge in [-0.3, -0.25) is 0 Å². The van der Waals surface area contributed by atoms with E-state index in [1.807, 2.05) is 42.3 Å². The molecule has 80 valence electrons. The lowest BCUT2D eigenvalue weighted by Gasteiger charge is -2.13. The molecular formula is C12H15NO2. The fraction of sp³-hybridized carbons (Fsp3) is 0.250. The minimum absolute atomic E-state index is 0.338. The van der Waals surface area contributed by atoms with Crippen LogP contribution in [0.25, 0.3) is 0 Å². The van der Waals surface area contributed by atoms with Crippen LogP contribution in [0, 0.1) is 0 Å². The molecule has 0 bridgehead atoms. The zero-order chi connectivity index (χ0) is 11.1. The molecule has 0 heterocycles. The fourth-order valence-corrected chi connectivity index (χ4v) is 1.18. The van der Waals surface area contributed by atoms with Crippen molar-refractivity contribution >= 4 is 5.97 Å². The molecule has 0 spiro atoms. The molecule has 0 fully saturated rings. The van der Waals surface area contributed by atoms with Gasteiger partial charge in [-0.05, 0) is 5.56 Å². The van der Waals surface area contributed by atoms with E-state index < -0.39 is 0 Å². The van der Waals surface area contributed by atoms with Crippen LogP contribution in [0.4, 0.5) is 0 Å². The number of carbonyl (C=O) groups is 1. The lowest BCUT2D eigenvalue weighted by Crippen LogP contribution is -2.10. The third-order valence-corrected chi connectivity index (χ3v) is 1.94. The summed E-state index contributed by atoms with van der Waals surface area (Å²) in [6, 6.07) is 10.1. The first kappa shape index (κ1) is 11.3. The van der Waals surface area contributed by atoms with Gasteiger partial charge in [-0.15, -0.1) is 0 Å². The number of hydrogen-bond donors (Lipinski definition) is 0. The van der Waals surface area contributed by atoms with Gasteiger partial charge in [0.2, 0.25) is 0 Å². The summed E-state index contributed by atoms with van der Waals surface area (Å²) in [5, 5.41) is 0. The van der Waals surface area contributed by atoms with Crippen molar-refractivity contribution in [1.29, 1.82) is 0 Å². The highest BCUT2D eigenvalue weighted by Crippen LogP contribution is 2.02. The summed E-state index contributed by atoms with van der Waals surface area (Å²) >= 11 is 0. The van der Waals surface area contributed by atoms with Gasteiger partial charge >= 0.3 is 5.97 Å². The molecule has 3 nitrogen and oxygen atoms in total. The van der Waals surface area contributed by atoms with E-state index in [9.17, 15) is 4.79 Å². The Morgan fingerprint density at radius 2 is 2.07 bits per heavy atom. The fourth-order valence-electron chi connectivity index (χ4n) is 1.18. The Balaban J connectivity index is 2.46. The minimum atomic E-state index is -0.338. The zero-order valence-electron chi connectivity index (χ0n) is 9.01. The number of benzene rings is 1. The van der Waals surface area contributed by atoms with E-state index in [1.54, 1.807) is 6.20 Å². The van der Waals surface area contributed by atoms with Crippen molar-refractivity contribution in [2.45, 2.75) is 6.54 Å². The molecule has 0 aromatic heterocycles. The van der Waals surface area contributed by atoms with Gasteiger partial charge in [0.25, 0.3) is 0 Å². The topological polar surface area (TPSA) is 29.5 Å². The van der Waals surface area contributed by atoms with Crippen LogP contribution in [0.2, 0.25) is 0 Å². The van der Waals surface area contributed by atoms with E-state index in [4.69, 9.17) is 0 Å². The van der Waals surface area contributed by atoms with Crippen molar-refractivity contribution in [2.24, 2.45) is 0 Å². The van der Waals surface area contributed by atoms with Gasteiger partial charge in [-0.1, -0.05) is 30.3 Å². The summed E-state index contributed by atoms with van der Waals surface area (Å²) in [5.74, 6) is -0.338. The van der Waals surface area contributed by atoms with Crippen LogP contribution in [-0.4, -0.2) is 25.0 Å². The molecule has 1 rings (SSSR count). The van der Waals surface area contributed by atoms with Crippen LogP contribution in [0.1, 0.15) is 5.56 Å². The van der Waals surface area contributed by atoms with E-state index in [2.05, 4.69) is 4.74 Å². The molecular weight excluding hydrogens is 190 g/mol. The van der Waals surface area contributed by atoms with Crippen molar-refractivity contribution in [2.75, 3.05) is 14.2 Å². The maximum Gasteiger partial charge on any atom is 0.331 e. The van der Waals surface area contributed by atoms with E-state index in [1.165, 1.54) is 18.7 Å². The Bertz CT molecular complexity index is 333. The Morgan fingerprint density at radius 1 is 1.40 bits per heavy atom. The molecule has 1 aromatic rings. The molecule has 0 radical (unpaired) electrons. The molecule has 0 atom stereocenters. The van der Waals surface area contributed by atoms with Gasteiger partial charge in [-0.2, -0.15) is 0 Å². The van der Waals surface area contributed by atoms with Crippen LogP contribution in [0.15, 0.2) is 42.6 Å². The zero-order valence-corrected chi connectivity index (χ0v) is 9.01. The van der Waals surface area contributed by atoms with Crippen molar-refractivity contribution in [3.05, 3.63) is 48.2 Å². The summed E-state index contributed by atoms with van der Waals surface area (Å²) in [6.07, 6.45) is 3.11. The van der Waals surface area contributed by atoms with Gasteiger partial charge in [-0.25, -0.2) is 4.79 Å². The Kier molecular flexibility index (Phi) is 4.41.